The van der Waals surface area contributed by atoms with Gasteiger partial charge in [-0.25, -0.2) is 4.39 Å². The number of quaternary nitrogens is 1. The Morgan fingerprint density at radius 2 is 1.79 bits per heavy atom. The predicted molar refractivity (Wildman–Crippen MR) is 56.3 cm³/mol. The highest BCUT2D eigenvalue weighted by molar-refractivity contribution is 4.71. The monoisotopic (exact) mass is 200 g/mol. The topological polar surface area (TPSA) is 4.44 Å². The first-order valence-corrected chi connectivity index (χ1v) is 6.32. The molecular weight excluding hydrogens is 177 g/mol. The van der Waals surface area contributed by atoms with E-state index in [0.29, 0.717) is 5.92 Å². The van der Waals surface area contributed by atoms with Crippen LogP contribution >= 0.6 is 0 Å². The van der Waals surface area contributed by atoms with Crippen LogP contribution in [0.2, 0.25) is 0 Å². The third kappa shape index (κ3) is 2.94. The molecule has 0 spiro atoms. The summed E-state index contributed by atoms with van der Waals surface area (Å²) in [7, 11) is 0. The van der Waals surface area contributed by atoms with Gasteiger partial charge in [-0.3, -0.25) is 0 Å². The molecule has 1 saturated carbocycles. The molecule has 2 atom stereocenters. The van der Waals surface area contributed by atoms with Crippen molar-refractivity contribution in [1.82, 2.24) is 0 Å². The number of likely N-dealkylation sites (tertiary alicyclic amines) is 1. The Morgan fingerprint density at radius 1 is 1.00 bits per heavy atom. The zero-order valence-corrected chi connectivity index (χ0v) is 9.10. The molecule has 1 heterocycles. The molecule has 2 rings (SSSR count). The maximum atomic E-state index is 13.2. The lowest BCUT2D eigenvalue weighted by atomic mass is 9.87. The lowest BCUT2D eigenvalue weighted by Gasteiger charge is -2.30. The predicted octanol–water partition coefficient (Wildman–Crippen LogP) is 1.58. The van der Waals surface area contributed by atoms with E-state index in [-0.39, 0.29) is 0 Å². The van der Waals surface area contributed by atoms with E-state index in [1.54, 1.807) is 4.90 Å². The van der Waals surface area contributed by atoms with Crippen LogP contribution < -0.4 is 4.90 Å². The SMILES string of the molecule is FC1CCCC(C[NH+]2CCCCC2)C1. The normalized spacial score (nSPS) is 35.8. The first-order chi connectivity index (χ1) is 6.84. The van der Waals surface area contributed by atoms with Crippen molar-refractivity contribution in [2.75, 3.05) is 19.6 Å². The molecule has 1 nitrogen and oxygen atoms in total. The number of nitrogens with one attached hydrogen (secondary N) is 1. The average molecular weight is 200 g/mol. The molecule has 1 N–H and O–H groups in total. The van der Waals surface area contributed by atoms with Crippen LogP contribution in [0.5, 0.6) is 0 Å². The molecule has 0 aromatic carbocycles. The van der Waals surface area contributed by atoms with Gasteiger partial charge in [0.05, 0.1) is 19.6 Å². The lowest BCUT2D eigenvalue weighted by Crippen LogP contribution is -3.13. The van der Waals surface area contributed by atoms with E-state index in [1.165, 1.54) is 45.3 Å². The molecule has 0 aromatic heterocycles. The van der Waals surface area contributed by atoms with Crippen molar-refractivity contribution in [3.05, 3.63) is 0 Å². The van der Waals surface area contributed by atoms with Crippen molar-refractivity contribution >= 4 is 0 Å². The fourth-order valence-electron chi connectivity index (χ4n) is 3.07. The number of hydrogen-bond donors (Lipinski definition) is 1. The van der Waals surface area contributed by atoms with Crippen LogP contribution in [0.4, 0.5) is 4.39 Å². The summed E-state index contributed by atoms with van der Waals surface area (Å²) < 4.78 is 13.2. The second-order valence-electron chi connectivity index (χ2n) is 5.14. The standard InChI is InChI=1S/C12H22FN/c13-12-6-4-5-11(9-12)10-14-7-2-1-3-8-14/h11-12H,1-10H2/p+1. The molecule has 2 aliphatic rings. The van der Waals surface area contributed by atoms with Gasteiger partial charge in [-0.15, -0.1) is 0 Å². The molecular formula is C12H23FN+. The molecule has 1 aliphatic heterocycles. The van der Waals surface area contributed by atoms with Crippen LogP contribution in [-0.2, 0) is 0 Å². The summed E-state index contributed by atoms with van der Waals surface area (Å²) in [4.78, 5) is 1.75. The van der Waals surface area contributed by atoms with Gasteiger partial charge in [0, 0.05) is 5.92 Å². The van der Waals surface area contributed by atoms with Crippen molar-refractivity contribution in [1.29, 1.82) is 0 Å². The van der Waals surface area contributed by atoms with E-state index in [1.807, 2.05) is 0 Å². The summed E-state index contributed by atoms with van der Waals surface area (Å²) in [5, 5.41) is 0. The average Bonchev–Trinajstić information content (AvgIpc) is 2.19. The smallest absolute Gasteiger partial charge is 0.101 e. The van der Waals surface area contributed by atoms with Gasteiger partial charge in [0.25, 0.3) is 0 Å². The van der Waals surface area contributed by atoms with Gasteiger partial charge in [-0.2, -0.15) is 0 Å². The van der Waals surface area contributed by atoms with Gasteiger partial charge in [0.1, 0.15) is 6.17 Å². The minimum absolute atomic E-state index is 0.488. The molecule has 0 bridgehead atoms. The zero-order valence-electron chi connectivity index (χ0n) is 9.10. The molecule has 82 valence electrons. The number of alkyl halides is 1. The highest BCUT2D eigenvalue weighted by atomic mass is 19.1. The van der Waals surface area contributed by atoms with Gasteiger partial charge in [-0.05, 0) is 38.5 Å². The second-order valence-corrected chi connectivity index (χ2v) is 5.14. The fourth-order valence-corrected chi connectivity index (χ4v) is 3.07. The molecule has 14 heavy (non-hydrogen) atoms. The van der Waals surface area contributed by atoms with Crippen molar-refractivity contribution in [3.63, 3.8) is 0 Å². The van der Waals surface area contributed by atoms with E-state index in [4.69, 9.17) is 0 Å². The maximum Gasteiger partial charge on any atom is 0.101 e. The van der Waals surface area contributed by atoms with Crippen molar-refractivity contribution in [2.45, 2.75) is 51.1 Å². The van der Waals surface area contributed by atoms with Crippen molar-refractivity contribution < 1.29 is 9.29 Å². The van der Waals surface area contributed by atoms with Crippen LogP contribution in [0.1, 0.15) is 44.9 Å². The van der Waals surface area contributed by atoms with Gasteiger partial charge >= 0.3 is 0 Å². The van der Waals surface area contributed by atoms with Crippen LogP contribution in [-0.4, -0.2) is 25.8 Å². The Balaban J connectivity index is 1.72. The van der Waals surface area contributed by atoms with Gasteiger partial charge in [0.15, 0.2) is 0 Å². The van der Waals surface area contributed by atoms with Gasteiger partial charge in [-0.1, -0.05) is 6.42 Å². The van der Waals surface area contributed by atoms with Crippen LogP contribution in [0.15, 0.2) is 0 Å². The molecule has 2 fully saturated rings. The van der Waals surface area contributed by atoms with E-state index in [0.717, 1.165) is 19.3 Å². The summed E-state index contributed by atoms with van der Waals surface area (Å²) in [5.41, 5.74) is 0. The molecule has 1 saturated heterocycles. The molecule has 0 radical (unpaired) electrons. The first kappa shape index (κ1) is 10.4. The van der Waals surface area contributed by atoms with E-state index < -0.39 is 6.17 Å². The third-order valence-electron chi connectivity index (χ3n) is 3.86. The quantitative estimate of drug-likeness (QED) is 0.690. The number of halogens is 1. The molecule has 0 aromatic rings. The molecule has 0 amide bonds. The van der Waals surface area contributed by atoms with Crippen molar-refractivity contribution in [2.24, 2.45) is 5.92 Å². The largest absolute Gasteiger partial charge is 0.335 e. The zero-order chi connectivity index (χ0) is 9.80. The van der Waals surface area contributed by atoms with Crippen LogP contribution in [0.3, 0.4) is 0 Å². The summed E-state index contributed by atoms with van der Waals surface area (Å²) >= 11 is 0. The van der Waals surface area contributed by atoms with E-state index in [2.05, 4.69) is 0 Å². The minimum atomic E-state index is -0.488. The van der Waals surface area contributed by atoms with Crippen LogP contribution in [0, 0.1) is 5.92 Å². The number of piperidine rings is 1. The summed E-state index contributed by atoms with van der Waals surface area (Å²) in [5.74, 6) is 0.687. The Morgan fingerprint density at radius 3 is 2.50 bits per heavy atom. The Bertz CT molecular complexity index is 166. The lowest BCUT2D eigenvalue weighted by molar-refractivity contribution is -0.908. The van der Waals surface area contributed by atoms with Gasteiger partial charge in [0.2, 0.25) is 0 Å². The fraction of sp³-hybridized carbons (Fsp3) is 1.00. The van der Waals surface area contributed by atoms with Crippen molar-refractivity contribution in [3.8, 4) is 0 Å². The Labute approximate surface area is 86.7 Å². The Hall–Kier alpha value is -0.110. The minimum Gasteiger partial charge on any atom is -0.335 e. The summed E-state index contributed by atoms with van der Waals surface area (Å²) in [6.07, 6.45) is 7.79. The molecule has 1 aliphatic carbocycles. The summed E-state index contributed by atoms with van der Waals surface area (Å²) in [6.45, 7) is 3.93. The van der Waals surface area contributed by atoms with E-state index in [9.17, 15) is 4.39 Å². The molecule has 2 unspecified atom stereocenters. The number of rotatable bonds is 2. The third-order valence-corrected chi connectivity index (χ3v) is 3.86. The highest BCUT2D eigenvalue weighted by Gasteiger charge is 2.25. The maximum absolute atomic E-state index is 13.2. The highest BCUT2D eigenvalue weighted by Crippen LogP contribution is 2.25. The second kappa shape index (κ2) is 5.11. The Kier molecular flexibility index (Phi) is 3.80. The molecule has 2 heteroatoms. The summed E-state index contributed by atoms with van der Waals surface area (Å²) in [6, 6.07) is 0. The first-order valence-electron chi connectivity index (χ1n) is 6.32. The van der Waals surface area contributed by atoms with Crippen LogP contribution in [0.25, 0.3) is 0 Å². The van der Waals surface area contributed by atoms with E-state index >= 15 is 0 Å². The van der Waals surface area contributed by atoms with Gasteiger partial charge < -0.3 is 4.90 Å². The number of hydrogen-bond acceptors (Lipinski definition) is 0.